The fraction of sp³-hybridized carbons (Fsp3) is 0. The maximum atomic E-state index is 5.19. The molecule has 3 nitrogen and oxygen atoms in total. The highest BCUT2D eigenvalue weighted by molar-refractivity contribution is 6.14. The molecule has 0 radical (unpaired) electrons. The molecule has 0 aliphatic rings. The third kappa shape index (κ3) is 4.58. The average Bonchev–Trinajstić information content (AvgIpc) is 3.50. The molecule has 0 N–H and O–H groups in total. The SMILES string of the molecule is c1ccc(-c2cc(-c3ccccc3)nc(-c3cccc(-c4cn(-c5ccncc5)c5ccc6ccccc6c45)c3)c2)cc1. The van der Waals surface area contributed by atoms with Crippen molar-refractivity contribution >= 4 is 21.7 Å². The van der Waals surface area contributed by atoms with E-state index in [1.165, 1.54) is 32.8 Å². The van der Waals surface area contributed by atoms with Crippen LogP contribution >= 0.6 is 0 Å². The molecule has 202 valence electrons. The van der Waals surface area contributed by atoms with Gasteiger partial charge in [0.15, 0.2) is 0 Å². The number of fused-ring (bicyclic) bond motifs is 3. The van der Waals surface area contributed by atoms with Crippen molar-refractivity contribution in [2.75, 3.05) is 0 Å². The summed E-state index contributed by atoms with van der Waals surface area (Å²) >= 11 is 0. The Balaban J connectivity index is 1.34. The van der Waals surface area contributed by atoms with Crippen LogP contribution in [0.4, 0.5) is 0 Å². The van der Waals surface area contributed by atoms with Gasteiger partial charge in [0.2, 0.25) is 0 Å². The number of benzene rings is 5. The van der Waals surface area contributed by atoms with Gasteiger partial charge in [-0.2, -0.15) is 0 Å². The Kier molecular flexibility index (Phi) is 6.12. The lowest BCUT2D eigenvalue weighted by Crippen LogP contribution is -1.92. The fourth-order valence-corrected chi connectivity index (χ4v) is 6.02. The first-order valence-electron chi connectivity index (χ1n) is 14.5. The van der Waals surface area contributed by atoms with E-state index < -0.39 is 0 Å². The molecule has 0 atom stereocenters. The fourth-order valence-electron chi connectivity index (χ4n) is 6.02. The van der Waals surface area contributed by atoms with Crippen LogP contribution in [-0.2, 0) is 0 Å². The summed E-state index contributed by atoms with van der Waals surface area (Å²) < 4.78 is 2.27. The minimum absolute atomic E-state index is 0.949. The van der Waals surface area contributed by atoms with Crippen LogP contribution in [0.2, 0.25) is 0 Å². The summed E-state index contributed by atoms with van der Waals surface area (Å²) in [4.78, 5) is 9.44. The lowest BCUT2D eigenvalue weighted by atomic mass is 9.96. The van der Waals surface area contributed by atoms with Crippen LogP contribution in [0, 0.1) is 0 Å². The van der Waals surface area contributed by atoms with Crippen LogP contribution in [0.25, 0.3) is 72.1 Å². The van der Waals surface area contributed by atoms with Crippen molar-refractivity contribution < 1.29 is 0 Å². The van der Waals surface area contributed by atoms with Gasteiger partial charge < -0.3 is 4.57 Å². The summed E-state index contributed by atoms with van der Waals surface area (Å²) in [6.45, 7) is 0. The van der Waals surface area contributed by atoms with Crippen molar-refractivity contribution in [3.63, 3.8) is 0 Å². The highest BCUT2D eigenvalue weighted by Crippen LogP contribution is 2.39. The second-order valence-corrected chi connectivity index (χ2v) is 10.7. The Labute approximate surface area is 250 Å². The zero-order valence-corrected chi connectivity index (χ0v) is 23.4. The standard InChI is InChI=1S/C40H27N3/c1-3-10-28(11-4-1)33-25-37(30-13-5-2-6-14-30)42-38(26-33)32-16-9-15-31(24-32)36-27-43(34-20-22-41-23-21-34)39-19-18-29-12-7-8-17-35(29)40(36)39/h1-27H. The number of hydrogen-bond acceptors (Lipinski definition) is 2. The molecular weight excluding hydrogens is 522 g/mol. The summed E-state index contributed by atoms with van der Waals surface area (Å²) in [5.74, 6) is 0. The molecule has 0 fully saturated rings. The third-order valence-corrected chi connectivity index (χ3v) is 8.11. The van der Waals surface area contributed by atoms with Crippen molar-refractivity contribution in [2.45, 2.75) is 0 Å². The molecule has 8 rings (SSSR count). The number of nitrogens with zero attached hydrogens (tertiary/aromatic N) is 3. The largest absolute Gasteiger partial charge is 0.316 e. The number of hydrogen-bond donors (Lipinski definition) is 0. The Morgan fingerprint density at radius 1 is 0.465 bits per heavy atom. The lowest BCUT2D eigenvalue weighted by molar-refractivity contribution is 1.11. The molecule has 0 aliphatic carbocycles. The van der Waals surface area contributed by atoms with Gasteiger partial charge in [0.25, 0.3) is 0 Å². The Morgan fingerprint density at radius 2 is 1.12 bits per heavy atom. The number of rotatable bonds is 5. The average molecular weight is 550 g/mol. The maximum Gasteiger partial charge on any atom is 0.0715 e. The Bertz CT molecular complexity index is 2160. The van der Waals surface area contributed by atoms with Crippen LogP contribution in [0.15, 0.2) is 164 Å². The van der Waals surface area contributed by atoms with E-state index in [1.54, 1.807) is 0 Å². The molecule has 0 unspecified atom stereocenters. The Morgan fingerprint density at radius 3 is 1.91 bits per heavy atom. The van der Waals surface area contributed by atoms with E-state index >= 15 is 0 Å². The minimum Gasteiger partial charge on any atom is -0.316 e. The third-order valence-electron chi connectivity index (χ3n) is 8.11. The van der Waals surface area contributed by atoms with Crippen LogP contribution in [-0.4, -0.2) is 14.5 Å². The summed E-state index contributed by atoms with van der Waals surface area (Å²) in [7, 11) is 0. The molecule has 0 aliphatic heterocycles. The topological polar surface area (TPSA) is 30.7 Å². The monoisotopic (exact) mass is 549 g/mol. The van der Waals surface area contributed by atoms with Crippen molar-refractivity contribution in [3.8, 4) is 50.5 Å². The van der Waals surface area contributed by atoms with E-state index in [0.717, 1.165) is 39.3 Å². The summed E-state index contributed by atoms with van der Waals surface area (Å²) in [5, 5.41) is 3.71. The van der Waals surface area contributed by atoms with Gasteiger partial charge in [-0.1, -0.05) is 109 Å². The molecule has 0 saturated carbocycles. The summed E-state index contributed by atoms with van der Waals surface area (Å²) in [6, 6.07) is 51.3. The van der Waals surface area contributed by atoms with Gasteiger partial charge in [-0.3, -0.25) is 4.98 Å². The van der Waals surface area contributed by atoms with E-state index in [-0.39, 0.29) is 0 Å². The molecule has 0 spiro atoms. The molecular formula is C40H27N3. The van der Waals surface area contributed by atoms with Gasteiger partial charge in [-0.25, -0.2) is 4.98 Å². The molecule has 5 aromatic carbocycles. The van der Waals surface area contributed by atoms with E-state index in [2.05, 4.69) is 155 Å². The Hall–Kier alpha value is -5.80. The molecule has 3 heterocycles. The second kappa shape index (κ2) is 10.6. The molecule has 3 heteroatoms. The maximum absolute atomic E-state index is 5.19. The summed E-state index contributed by atoms with van der Waals surface area (Å²) in [5.41, 5.74) is 11.0. The van der Waals surface area contributed by atoms with Gasteiger partial charge in [-0.15, -0.1) is 0 Å². The van der Waals surface area contributed by atoms with Gasteiger partial charge in [0.05, 0.1) is 16.9 Å². The number of pyridine rings is 2. The first-order valence-corrected chi connectivity index (χ1v) is 14.5. The smallest absolute Gasteiger partial charge is 0.0715 e. The van der Waals surface area contributed by atoms with E-state index in [0.29, 0.717) is 0 Å². The molecule has 8 aromatic rings. The van der Waals surface area contributed by atoms with Crippen LogP contribution < -0.4 is 0 Å². The predicted molar refractivity (Wildman–Crippen MR) is 178 cm³/mol. The molecule has 43 heavy (non-hydrogen) atoms. The molecule has 0 saturated heterocycles. The summed E-state index contributed by atoms with van der Waals surface area (Å²) in [6.07, 6.45) is 5.95. The lowest BCUT2D eigenvalue weighted by Gasteiger charge is -2.11. The van der Waals surface area contributed by atoms with Crippen molar-refractivity contribution in [1.82, 2.24) is 14.5 Å². The number of aromatic nitrogens is 3. The van der Waals surface area contributed by atoms with Crippen molar-refractivity contribution in [3.05, 3.63) is 164 Å². The van der Waals surface area contributed by atoms with Gasteiger partial charge in [0.1, 0.15) is 0 Å². The second-order valence-electron chi connectivity index (χ2n) is 10.7. The van der Waals surface area contributed by atoms with Crippen LogP contribution in [0.1, 0.15) is 0 Å². The zero-order valence-electron chi connectivity index (χ0n) is 23.4. The minimum atomic E-state index is 0.949. The van der Waals surface area contributed by atoms with E-state index in [4.69, 9.17) is 4.98 Å². The highest BCUT2D eigenvalue weighted by Gasteiger charge is 2.16. The van der Waals surface area contributed by atoms with Gasteiger partial charge >= 0.3 is 0 Å². The van der Waals surface area contributed by atoms with Crippen molar-refractivity contribution in [2.24, 2.45) is 0 Å². The molecule has 0 bridgehead atoms. The zero-order chi connectivity index (χ0) is 28.6. The molecule has 0 amide bonds. The van der Waals surface area contributed by atoms with Gasteiger partial charge in [-0.05, 0) is 63.9 Å². The van der Waals surface area contributed by atoms with Crippen LogP contribution in [0.3, 0.4) is 0 Å². The first kappa shape index (κ1) is 25.0. The predicted octanol–water partition coefficient (Wildman–Crippen LogP) is 10.2. The first-order chi connectivity index (χ1) is 21.3. The quantitative estimate of drug-likeness (QED) is 0.214. The van der Waals surface area contributed by atoms with Crippen molar-refractivity contribution in [1.29, 1.82) is 0 Å². The van der Waals surface area contributed by atoms with Gasteiger partial charge in [0, 0.05) is 46.4 Å². The van der Waals surface area contributed by atoms with E-state index in [9.17, 15) is 0 Å². The van der Waals surface area contributed by atoms with E-state index in [1.807, 2.05) is 18.5 Å². The highest BCUT2D eigenvalue weighted by atomic mass is 15.0. The van der Waals surface area contributed by atoms with Crippen LogP contribution in [0.5, 0.6) is 0 Å². The normalized spacial score (nSPS) is 11.3. The molecule has 3 aromatic heterocycles.